The fourth-order valence-corrected chi connectivity index (χ4v) is 3.86. The molecule has 1 rings (SSSR count). The first-order valence-corrected chi connectivity index (χ1v) is 9.17. The maximum Gasteiger partial charge on any atom is 0.333 e. The number of ether oxygens (including phenoxy) is 1. The summed E-state index contributed by atoms with van der Waals surface area (Å²) in [5.74, 6) is -1.32. The van der Waals surface area contributed by atoms with Gasteiger partial charge in [-0.05, 0) is 31.7 Å². The molecule has 1 heterocycles. The van der Waals surface area contributed by atoms with Crippen molar-refractivity contribution in [1.82, 2.24) is 0 Å². The van der Waals surface area contributed by atoms with E-state index in [1.165, 1.54) is 0 Å². The van der Waals surface area contributed by atoms with Gasteiger partial charge in [0.15, 0.2) is 6.10 Å². The Morgan fingerprint density at radius 3 is 2.57 bits per heavy atom. The van der Waals surface area contributed by atoms with Crippen LogP contribution in [0.3, 0.4) is 0 Å². The number of hydrogen-bond donors (Lipinski definition) is 2. The molecular weight excluding hydrogens is 338 g/mol. The fourth-order valence-electron chi connectivity index (χ4n) is 2.23. The van der Waals surface area contributed by atoms with E-state index in [1.54, 1.807) is 23.3 Å². The van der Waals surface area contributed by atoms with Crippen LogP contribution in [0.1, 0.15) is 17.4 Å². The van der Waals surface area contributed by atoms with Gasteiger partial charge in [-0.15, -0.1) is 23.1 Å². The summed E-state index contributed by atoms with van der Waals surface area (Å²) in [6.45, 7) is 6.24. The second-order valence-electron chi connectivity index (χ2n) is 5.26. The number of anilines is 1. The first-order chi connectivity index (χ1) is 10.8. The molecule has 0 radical (unpaired) electrons. The summed E-state index contributed by atoms with van der Waals surface area (Å²) >= 11 is 2.70. The van der Waals surface area contributed by atoms with Crippen molar-refractivity contribution < 1.29 is 24.5 Å². The van der Waals surface area contributed by atoms with Crippen molar-refractivity contribution in [3.63, 3.8) is 0 Å². The van der Waals surface area contributed by atoms with Gasteiger partial charge in [0, 0.05) is 17.7 Å². The number of amides is 1. The van der Waals surface area contributed by atoms with Crippen LogP contribution in [0.25, 0.3) is 0 Å². The lowest BCUT2D eigenvalue weighted by Gasteiger charge is -2.30. The smallest absolute Gasteiger partial charge is 0.333 e. The highest BCUT2D eigenvalue weighted by atomic mass is 32.2. The van der Waals surface area contributed by atoms with Gasteiger partial charge in [0.05, 0.1) is 24.1 Å². The number of hydrogen-bond acceptors (Lipinski definition) is 6. The molecular formula is C15H23NO5S2. The molecule has 0 aliphatic carbocycles. The number of aliphatic carboxylic acids is 1. The summed E-state index contributed by atoms with van der Waals surface area (Å²) in [5.41, 5.74) is 1.92. The molecule has 8 heteroatoms. The lowest BCUT2D eigenvalue weighted by molar-refractivity contribution is -0.145. The molecule has 0 spiro atoms. The van der Waals surface area contributed by atoms with Gasteiger partial charge in [-0.1, -0.05) is 0 Å². The highest BCUT2D eigenvalue weighted by Crippen LogP contribution is 2.32. The molecule has 23 heavy (non-hydrogen) atoms. The molecule has 0 aliphatic heterocycles. The summed E-state index contributed by atoms with van der Waals surface area (Å²) in [6, 6.07) is -0.135. The molecule has 1 aromatic heterocycles. The number of carboxylic acid groups (broad SMARTS) is 1. The van der Waals surface area contributed by atoms with Gasteiger partial charge in [-0.2, -0.15) is 0 Å². The minimum absolute atomic E-state index is 0.0187. The number of rotatable bonds is 9. The van der Waals surface area contributed by atoms with Crippen LogP contribution in [-0.4, -0.2) is 59.5 Å². The summed E-state index contributed by atoms with van der Waals surface area (Å²) < 4.78 is 5.17. The van der Waals surface area contributed by atoms with Crippen molar-refractivity contribution in [3.05, 3.63) is 15.8 Å². The Bertz CT molecular complexity index is 526. The van der Waals surface area contributed by atoms with E-state index in [1.807, 2.05) is 26.2 Å². The van der Waals surface area contributed by atoms with Gasteiger partial charge in [0.2, 0.25) is 5.91 Å². The third-order valence-corrected chi connectivity index (χ3v) is 5.28. The van der Waals surface area contributed by atoms with Crippen LogP contribution < -0.4 is 4.90 Å². The SMILES string of the molecule is COCC(C)N(C(=O)CSCC(O)C(=O)O)c1c(C)csc1C. The number of carbonyl (C=O) groups is 2. The van der Waals surface area contributed by atoms with Gasteiger partial charge in [-0.25, -0.2) is 4.79 Å². The molecule has 2 unspecified atom stereocenters. The summed E-state index contributed by atoms with van der Waals surface area (Å²) in [7, 11) is 1.59. The molecule has 1 aromatic rings. The maximum absolute atomic E-state index is 12.6. The third kappa shape index (κ3) is 5.49. The van der Waals surface area contributed by atoms with Gasteiger partial charge in [-0.3, -0.25) is 4.79 Å². The van der Waals surface area contributed by atoms with E-state index in [0.717, 1.165) is 27.9 Å². The number of carbonyl (C=O) groups excluding carboxylic acids is 1. The Balaban J connectivity index is 2.84. The van der Waals surface area contributed by atoms with Crippen LogP contribution in [0, 0.1) is 13.8 Å². The van der Waals surface area contributed by atoms with E-state index in [4.69, 9.17) is 9.84 Å². The molecule has 2 atom stereocenters. The van der Waals surface area contributed by atoms with Crippen LogP contribution in [0.5, 0.6) is 0 Å². The first-order valence-electron chi connectivity index (χ1n) is 7.13. The standard InChI is InChI=1S/C15H23NO5S2/c1-9-6-23-11(3)14(9)16(10(2)5-21-4)13(18)8-22-7-12(17)15(19)20/h6,10,12,17H,5,7-8H2,1-4H3,(H,19,20). The molecule has 0 fully saturated rings. The zero-order chi connectivity index (χ0) is 17.6. The molecule has 6 nitrogen and oxygen atoms in total. The summed E-state index contributed by atoms with van der Waals surface area (Å²) in [4.78, 5) is 26.0. The quantitative estimate of drug-likeness (QED) is 0.699. The number of nitrogens with zero attached hydrogens (tertiary/aromatic N) is 1. The van der Waals surface area contributed by atoms with E-state index >= 15 is 0 Å². The number of aliphatic hydroxyl groups excluding tert-OH is 1. The van der Waals surface area contributed by atoms with Crippen LogP contribution in [-0.2, 0) is 14.3 Å². The number of thiophene rings is 1. The van der Waals surface area contributed by atoms with Crippen molar-refractivity contribution in [2.45, 2.75) is 32.9 Å². The number of thioether (sulfide) groups is 1. The maximum atomic E-state index is 12.6. The van der Waals surface area contributed by atoms with Gasteiger partial charge in [0.25, 0.3) is 0 Å². The zero-order valence-corrected chi connectivity index (χ0v) is 15.4. The zero-order valence-electron chi connectivity index (χ0n) is 13.7. The molecule has 0 aliphatic rings. The largest absolute Gasteiger partial charge is 0.479 e. The lowest BCUT2D eigenvalue weighted by Crippen LogP contribution is -2.43. The predicted molar refractivity (Wildman–Crippen MR) is 93.6 cm³/mol. The topological polar surface area (TPSA) is 87.1 Å². The van der Waals surface area contributed by atoms with E-state index in [2.05, 4.69) is 0 Å². The van der Waals surface area contributed by atoms with E-state index in [-0.39, 0.29) is 23.5 Å². The molecule has 1 amide bonds. The van der Waals surface area contributed by atoms with Gasteiger partial charge >= 0.3 is 5.97 Å². The van der Waals surface area contributed by atoms with Crippen LogP contribution in [0.15, 0.2) is 5.38 Å². The normalized spacial score (nSPS) is 13.6. The van der Waals surface area contributed by atoms with E-state index < -0.39 is 12.1 Å². The number of methoxy groups -OCH3 is 1. The van der Waals surface area contributed by atoms with Crippen LogP contribution >= 0.6 is 23.1 Å². The Morgan fingerprint density at radius 2 is 2.09 bits per heavy atom. The predicted octanol–water partition coefficient (Wildman–Crippen LogP) is 1.91. The number of carboxylic acids is 1. The third-order valence-electron chi connectivity index (χ3n) is 3.26. The van der Waals surface area contributed by atoms with Crippen LogP contribution in [0.4, 0.5) is 5.69 Å². The lowest BCUT2D eigenvalue weighted by atomic mass is 10.2. The molecule has 0 aromatic carbocycles. The summed E-state index contributed by atoms with van der Waals surface area (Å²) in [5, 5.41) is 19.9. The van der Waals surface area contributed by atoms with Gasteiger partial charge in [0.1, 0.15) is 0 Å². The van der Waals surface area contributed by atoms with Crippen molar-refractivity contribution in [2.75, 3.05) is 30.1 Å². The van der Waals surface area contributed by atoms with Crippen molar-refractivity contribution in [3.8, 4) is 0 Å². The average Bonchev–Trinajstić information content (AvgIpc) is 2.80. The monoisotopic (exact) mass is 361 g/mol. The minimum atomic E-state index is -1.46. The van der Waals surface area contributed by atoms with Crippen LogP contribution in [0.2, 0.25) is 0 Å². The Hall–Kier alpha value is -1.09. The Morgan fingerprint density at radius 1 is 1.43 bits per heavy atom. The summed E-state index contributed by atoms with van der Waals surface area (Å²) in [6.07, 6.45) is -1.46. The minimum Gasteiger partial charge on any atom is -0.479 e. The average molecular weight is 361 g/mol. The second-order valence-corrected chi connectivity index (χ2v) is 7.37. The highest BCUT2D eigenvalue weighted by molar-refractivity contribution is 8.00. The molecule has 0 bridgehead atoms. The Kier molecular flexibility index (Phi) is 8.04. The Labute approximate surface area is 144 Å². The molecule has 130 valence electrons. The second kappa shape index (κ2) is 9.27. The first kappa shape index (κ1) is 20.0. The highest BCUT2D eigenvalue weighted by Gasteiger charge is 2.26. The molecule has 0 saturated heterocycles. The number of aryl methyl sites for hydroxylation is 2. The molecule has 0 saturated carbocycles. The van der Waals surface area contributed by atoms with Gasteiger partial charge < -0.3 is 19.8 Å². The van der Waals surface area contributed by atoms with Crippen molar-refractivity contribution >= 4 is 40.7 Å². The van der Waals surface area contributed by atoms with Crippen molar-refractivity contribution in [2.24, 2.45) is 0 Å². The van der Waals surface area contributed by atoms with Crippen molar-refractivity contribution in [1.29, 1.82) is 0 Å². The fraction of sp³-hybridized carbons (Fsp3) is 0.600. The van der Waals surface area contributed by atoms with E-state index in [0.29, 0.717) is 6.61 Å². The number of aliphatic hydroxyl groups is 1. The molecule has 2 N–H and O–H groups in total. The van der Waals surface area contributed by atoms with E-state index in [9.17, 15) is 14.7 Å².